The van der Waals surface area contributed by atoms with E-state index in [1.807, 2.05) is 12.1 Å². The van der Waals surface area contributed by atoms with Gasteiger partial charge in [-0.3, -0.25) is 0 Å². The fraction of sp³-hybridized carbons (Fsp3) is 0.647. The molecule has 2 unspecified atom stereocenters. The molecule has 0 radical (unpaired) electrons. The van der Waals surface area contributed by atoms with Gasteiger partial charge in [0.25, 0.3) is 0 Å². The Morgan fingerprint density at radius 2 is 2.14 bits per heavy atom. The van der Waals surface area contributed by atoms with Gasteiger partial charge in [0.2, 0.25) is 0 Å². The summed E-state index contributed by atoms with van der Waals surface area (Å²) in [6.07, 6.45) is 4.90. The summed E-state index contributed by atoms with van der Waals surface area (Å²) in [6.45, 7) is 3.93. The molecule has 1 aliphatic heterocycles. The van der Waals surface area contributed by atoms with Gasteiger partial charge in [-0.2, -0.15) is 0 Å². The second kappa shape index (κ2) is 8.25. The van der Waals surface area contributed by atoms with Crippen LogP contribution in [0, 0.1) is 0 Å². The molecule has 1 aliphatic rings. The molecule has 1 aromatic rings. The van der Waals surface area contributed by atoms with E-state index in [4.69, 9.17) is 14.2 Å². The number of nitrogens with one attached hydrogen (secondary N) is 1. The number of methoxy groups -OCH3 is 2. The standard InChI is InChI=1S/C17H27NO3/c1-4-18-16(12-14-7-5-6-10-21-14)15-11-13(19-2)8-9-17(15)20-3/h8-9,11,14,16,18H,4-7,10,12H2,1-3H3. The maximum absolute atomic E-state index is 5.89. The van der Waals surface area contributed by atoms with Gasteiger partial charge < -0.3 is 19.5 Å². The largest absolute Gasteiger partial charge is 0.497 e. The van der Waals surface area contributed by atoms with E-state index >= 15 is 0 Å². The van der Waals surface area contributed by atoms with Crippen LogP contribution in [0.2, 0.25) is 0 Å². The monoisotopic (exact) mass is 293 g/mol. The lowest BCUT2D eigenvalue weighted by Gasteiger charge is -2.28. The first kappa shape index (κ1) is 16.1. The molecule has 21 heavy (non-hydrogen) atoms. The van der Waals surface area contributed by atoms with E-state index < -0.39 is 0 Å². The normalized spacial score (nSPS) is 20.0. The van der Waals surface area contributed by atoms with Crippen LogP contribution in [0.25, 0.3) is 0 Å². The molecular weight excluding hydrogens is 266 g/mol. The van der Waals surface area contributed by atoms with Gasteiger partial charge in [-0.1, -0.05) is 6.92 Å². The minimum atomic E-state index is 0.225. The number of hydrogen-bond acceptors (Lipinski definition) is 4. The first-order chi connectivity index (χ1) is 10.3. The molecule has 4 heteroatoms. The Morgan fingerprint density at radius 3 is 2.76 bits per heavy atom. The van der Waals surface area contributed by atoms with Gasteiger partial charge in [-0.05, 0) is 50.4 Å². The molecule has 4 nitrogen and oxygen atoms in total. The number of hydrogen-bond donors (Lipinski definition) is 1. The van der Waals surface area contributed by atoms with Crippen LogP contribution in [0.4, 0.5) is 0 Å². The molecule has 1 aromatic carbocycles. The third-order valence-corrected chi connectivity index (χ3v) is 4.04. The van der Waals surface area contributed by atoms with Crippen molar-refractivity contribution in [3.8, 4) is 11.5 Å². The van der Waals surface area contributed by atoms with Crippen LogP contribution in [-0.2, 0) is 4.74 Å². The van der Waals surface area contributed by atoms with E-state index in [2.05, 4.69) is 18.3 Å². The molecule has 0 saturated carbocycles. The lowest BCUT2D eigenvalue weighted by atomic mass is 9.95. The van der Waals surface area contributed by atoms with E-state index in [9.17, 15) is 0 Å². The highest BCUT2D eigenvalue weighted by Gasteiger charge is 2.23. The Labute approximate surface area is 127 Å². The highest BCUT2D eigenvalue weighted by molar-refractivity contribution is 5.42. The summed E-state index contributed by atoms with van der Waals surface area (Å²) < 4.78 is 16.8. The topological polar surface area (TPSA) is 39.7 Å². The van der Waals surface area contributed by atoms with Gasteiger partial charge in [0.1, 0.15) is 11.5 Å². The smallest absolute Gasteiger partial charge is 0.123 e. The number of ether oxygens (including phenoxy) is 3. The summed E-state index contributed by atoms with van der Waals surface area (Å²) in [7, 11) is 3.41. The molecule has 1 fully saturated rings. The predicted octanol–water partition coefficient (Wildman–Crippen LogP) is 3.31. The first-order valence-corrected chi connectivity index (χ1v) is 7.85. The van der Waals surface area contributed by atoms with E-state index in [0.717, 1.165) is 43.1 Å². The van der Waals surface area contributed by atoms with Gasteiger partial charge in [0.05, 0.1) is 20.3 Å². The molecule has 0 spiro atoms. The molecule has 1 heterocycles. The Kier molecular flexibility index (Phi) is 6.33. The van der Waals surface area contributed by atoms with Crippen LogP contribution in [0.1, 0.15) is 44.2 Å². The maximum atomic E-state index is 5.89. The number of rotatable bonds is 7. The van der Waals surface area contributed by atoms with Crippen LogP contribution in [0.15, 0.2) is 18.2 Å². The van der Waals surface area contributed by atoms with Crippen molar-refractivity contribution < 1.29 is 14.2 Å². The second-order valence-corrected chi connectivity index (χ2v) is 5.44. The fourth-order valence-electron chi connectivity index (χ4n) is 2.93. The quantitative estimate of drug-likeness (QED) is 0.837. The molecule has 0 bridgehead atoms. The summed E-state index contributed by atoms with van der Waals surface area (Å²) in [6, 6.07) is 6.20. The molecule has 0 amide bonds. The van der Waals surface area contributed by atoms with E-state index in [1.165, 1.54) is 12.8 Å². The van der Waals surface area contributed by atoms with E-state index in [0.29, 0.717) is 6.10 Å². The predicted molar refractivity (Wildman–Crippen MR) is 84.2 cm³/mol. The van der Waals surface area contributed by atoms with Crippen molar-refractivity contribution in [1.82, 2.24) is 5.32 Å². The Bertz CT molecular complexity index is 430. The summed E-state index contributed by atoms with van der Waals surface area (Å²) in [5, 5.41) is 3.56. The SMILES string of the molecule is CCNC(CC1CCCCO1)c1cc(OC)ccc1OC. The zero-order valence-corrected chi connectivity index (χ0v) is 13.4. The number of benzene rings is 1. The van der Waals surface area contributed by atoms with Crippen molar-refractivity contribution in [1.29, 1.82) is 0 Å². The zero-order chi connectivity index (χ0) is 15.1. The molecule has 2 rings (SSSR count). The molecule has 118 valence electrons. The van der Waals surface area contributed by atoms with Crippen molar-refractivity contribution >= 4 is 0 Å². The average Bonchev–Trinajstić information content (AvgIpc) is 2.55. The van der Waals surface area contributed by atoms with Crippen molar-refractivity contribution in [2.75, 3.05) is 27.4 Å². The fourth-order valence-corrected chi connectivity index (χ4v) is 2.93. The van der Waals surface area contributed by atoms with Crippen LogP contribution < -0.4 is 14.8 Å². The third-order valence-electron chi connectivity index (χ3n) is 4.04. The Morgan fingerprint density at radius 1 is 1.29 bits per heavy atom. The van der Waals surface area contributed by atoms with Crippen molar-refractivity contribution in [2.24, 2.45) is 0 Å². The third kappa shape index (κ3) is 4.35. The van der Waals surface area contributed by atoms with Crippen molar-refractivity contribution in [3.63, 3.8) is 0 Å². The van der Waals surface area contributed by atoms with Crippen LogP contribution >= 0.6 is 0 Å². The van der Waals surface area contributed by atoms with Gasteiger partial charge in [-0.25, -0.2) is 0 Å². The summed E-state index contributed by atoms with van der Waals surface area (Å²) in [4.78, 5) is 0. The average molecular weight is 293 g/mol. The lowest BCUT2D eigenvalue weighted by molar-refractivity contribution is 0.00501. The van der Waals surface area contributed by atoms with Gasteiger partial charge >= 0.3 is 0 Å². The summed E-state index contributed by atoms with van der Waals surface area (Å²) in [5.74, 6) is 1.76. The molecule has 1 N–H and O–H groups in total. The Hall–Kier alpha value is -1.26. The first-order valence-electron chi connectivity index (χ1n) is 7.85. The molecule has 0 aromatic heterocycles. The molecular formula is C17H27NO3. The highest BCUT2D eigenvalue weighted by Crippen LogP contribution is 2.33. The van der Waals surface area contributed by atoms with Crippen LogP contribution in [0.3, 0.4) is 0 Å². The molecule has 1 saturated heterocycles. The Balaban J connectivity index is 2.18. The second-order valence-electron chi connectivity index (χ2n) is 5.44. The van der Waals surface area contributed by atoms with Crippen LogP contribution in [-0.4, -0.2) is 33.5 Å². The van der Waals surface area contributed by atoms with Crippen LogP contribution in [0.5, 0.6) is 11.5 Å². The van der Waals surface area contributed by atoms with Gasteiger partial charge in [-0.15, -0.1) is 0 Å². The summed E-state index contributed by atoms with van der Waals surface area (Å²) in [5.41, 5.74) is 1.15. The minimum absolute atomic E-state index is 0.225. The van der Waals surface area contributed by atoms with E-state index in [1.54, 1.807) is 14.2 Å². The van der Waals surface area contributed by atoms with Gasteiger partial charge in [0, 0.05) is 18.2 Å². The zero-order valence-electron chi connectivity index (χ0n) is 13.4. The highest BCUT2D eigenvalue weighted by atomic mass is 16.5. The summed E-state index contributed by atoms with van der Waals surface area (Å²) >= 11 is 0. The van der Waals surface area contributed by atoms with Crippen molar-refractivity contribution in [2.45, 2.75) is 44.8 Å². The molecule has 0 aliphatic carbocycles. The maximum Gasteiger partial charge on any atom is 0.123 e. The minimum Gasteiger partial charge on any atom is -0.497 e. The van der Waals surface area contributed by atoms with E-state index in [-0.39, 0.29) is 6.04 Å². The molecule has 2 atom stereocenters. The van der Waals surface area contributed by atoms with Crippen molar-refractivity contribution in [3.05, 3.63) is 23.8 Å². The lowest BCUT2D eigenvalue weighted by Crippen LogP contribution is -2.29. The van der Waals surface area contributed by atoms with Gasteiger partial charge in [0.15, 0.2) is 0 Å².